The molecule has 0 aliphatic carbocycles. The number of aryl methyl sites for hydroxylation is 1. The standard InChI is InChI=1S/C13H16N4O/c1-3-14-11-8-15-13(16-11)17-12(18)10-6-4-5-9(2)7-10/h4-8,14H,3H2,1-2H3,(H2,15,16,17,18). The van der Waals surface area contributed by atoms with Crippen LogP contribution in [0.25, 0.3) is 0 Å². The number of carbonyl (C=O) groups is 1. The van der Waals surface area contributed by atoms with Gasteiger partial charge in [0.2, 0.25) is 5.95 Å². The second kappa shape index (κ2) is 5.35. The van der Waals surface area contributed by atoms with Crippen LogP contribution in [0.15, 0.2) is 30.5 Å². The fourth-order valence-corrected chi connectivity index (χ4v) is 1.63. The Hall–Kier alpha value is -2.30. The smallest absolute Gasteiger partial charge is 0.257 e. The molecule has 2 aromatic rings. The van der Waals surface area contributed by atoms with Crippen LogP contribution in [0.3, 0.4) is 0 Å². The van der Waals surface area contributed by atoms with E-state index in [9.17, 15) is 4.79 Å². The highest BCUT2D eigenvalue weighted by atomic mass is 16.1. The van der Waals surface area contributed by atoms with E-state index in [2.05, 4.69) is 20.6 Å². The molecule has 0 saturated heterocycles. The topological polar surface area (TPSA) is 69.8 Å². The molecule has 0 spiro atoms. The molecule has 5 heteroatoms. The van der Waals surface area contributed by atoms with E-state index >= 15 is 0 Å². The molecule has 1 aromatic carbocycles. The summed E-state index contributed by atoms with van der Waals surface area (Å²) in [7, 11) is 0. The molecule has 0 aliphatic heterocycles. The summed E-state index contributed by atoms with van der Waals surface area (Å²) >= 11 is 0. The lowest BCUT2D eigenvalue weighted by molar-refractivity contribution is 0.102. The van der Waals surface area contributed by atoms with Gasteiger partial charge in [0.1, 0.15) is 5.82 Å². The minimum atomic E-state index is -0.170. The van der Waals surface area contributed by atoms with Gasteiger partial charge in [0.25, 0.3) is 5.91 Å². The predicted molar refractivity (Wildman–Crippen MR) is 71.9 cm³/mol. The lowest BCUT2D eigenvalue weighted by Gasteiger charge is -2.03. The Balaban J connectivity index is 2.06. The third kappa shape index (κ3) is 2.88. The number of hydrogen-bond acceptors (Lipinski definition) is 3. The van der Waals surface area contributed by atoms with E-state index < -0.39 is 0 Å². The van der Waals surface area contributed by atoms with Crippen molar-refractivity contribution in [3.63, 3.8) is 0 Å². The first kappa shape index (κ1) is 12.2. The van der Waals surface area contributed by atoms with Crippen LogP contribution in [0, 0.1) is 6.92 Å². The Morgan fingerprint density at radius 3 is 3.00 bits per heavy atom. The van der Waals surface area contributed by atoms with E-state index in [1.165, 1.54) is 0 Å². The van der Waals surface area contributed by atoms with E-state index in [4.69, 9.17) is 0 Å². The first-order chi connectivity index (χ1) is 8.69. The molecule has 1 aromatic heterocycles. The maximum atomic E-state index is 11.9. The van der Waals surface area contributed by atoms with E-state index in [-0.39, 0.29) is 5.91 Å². The molecular formula is C13H16N4O. The normalized spacial score (nSPS) is 10.1. The zero-order chi connectivity index (χ0) is 13.0. The number of aromatic amines is 1. The van der Waals surface area contributed by atoms with Crippen LogP contribution >= 0.6 is 0 Å². The lowest BCUT2D eigenvalue weighted by Crippen LogP contribution is -2.13. The molecule has 0 bridgehead atoms. The van der Waals surface area contributed by atoms with Crippen molar-refractivity contribution in [2.24, 2.45) is 0 Å². The number of hydrogen-bond donors (Lipinski definition) is 3. The first-order valence-electron chi connectivity index (χ1n) is 5.86. The highest BCUT2D eigenvalue weighted by molar-refractivity contribution is 6.03. The van der Waals surface area contributed by atoms with Gasteiger partial charge >= 0.3 is 0 Å². The van der Waals surface area contributed by atoms with E-state index in [0.717, 1.165) is 17.9 Å². The van der Waals surface area contributed by atoms with Gasteiger partial charge < -0.3 is 10.3 Å². The monoisotopic (exact) mass is 244 g/mol. The van der Waals surface area contributed by atoms with E-state index in [0.29, 0.717) is 11.5 Å². The Morgan fingerprint density at radius 2 is 2.28 bits per heavy atom. The summed E-state index contributed by atoms with van der Waals surface area (Å²) < 4.78 is 0. The van der Waals surface area contributed by atoms with Crippen LogP contribution in [0.1, 0.15) is 22.8 Å². The number of H-pyrrole nitrogens is 1. The zero-order valence-corrected chi connectivity index (χ0v) is 10.4. The van der Waals surface area contributed by atoms with Crippen molar-refractivity contribution in [3.8, 4) is 0 Å². The number of nitrogens with one attached hydrogen (secondary N) is 3. The Labute approximate surface area is 106 Å². The lowest BCUT2D eigenvalue weighted by atomic mass is 10.1. The quantitative estimate of drug-likeness (QED) is 0.773. The van der Waals surface area contributed by atoms with Crippen LogP contribution < -0.4 is 10.6 Å². The van der Waals surface area contributed by atoms with Crippen LogP contribution in [-0.2, 0) is 0 Å². The third-order valence-corrected chi connectivity index (χ3v) is 2.46. The number of anilines is 2. The maximum Gasteiger partial charge on any atom is 0.257 e. The minimum Gasteiger partial charge on any atom is -0.371 e. The number of benzene rings is 1. The molecule has 5 nitrogen and oxygen atoms in total. The first-order valence-corrected chi connectivity index (χ1v) is 5.86. The van der Waals surface area contributed by atoms with E-state index in [1.807, 2.05) is 32.0 Å². The van der Waals surface area contributed by atoms with Gasteiger partial charge in [-0.25, -0.2) is 4.98 Å². The Morgan fingerprint density at radius 1 is 1.44 bits per heavy atom. The highest BCUT2D eigenvalue weighted by Crippen LogP contribution is 2.10. The molecule has 2 rings (SSSR count). The van der Waals surface area contributed by atoms with Crippen molar-refractivity contribution in [1.82, 2.24) is 9.97 Å². The average molecular weight is 244 g/mol. The Bertz CT molecular complexity index is 547. The summed E-state index contributed by atoms with van der Waals surface area (Å²) in [6.07, 6.45) is 1.65. The fourth-order valence-electron chi connectivity index (χ4n) is 1.63. The van der Waals surface area contributed by atoms with Crippen molar-refractivity contribution in [2.45, 2.75) is 13.8 Å². The average Bonchev–Trinajstić information content (AvgIpc) is 2.77. The molecule has 0 unspecified atom stereocenters. The van der Waals surface area contributed by atoms with Crippen LogP contribution in [0.5, 0.6) is 0 Å². The predicted octanol–water partition coefficient (Wildman–Crippen LogP) is 2.40. The second-order valence-corrected chi connectivity index (χ2v) is 4.00. The van der Waals surface area contributed by atoms with Crippen molar-refractivity contribution in [1.29, 1.82) is 0 Å². The fraction of sp³-hybridized carbons (Fsp3) is 0.231. The van der Waals surface area contributed by atoms with Crippen molar-refractivity contribution >= 4 is 17.7 Å². The molecule has 3 N–H and O–H groups in total. The van der Waals surface area contributed by atoms with Crippen molar-refractivity contribution in [3.05, 3.63) is 41.6 Å². The molecular weight excluding hydrogens is 228 g/mol. The molecule has 1 amide bonds. The number of aromatic nitrogens is 2. The molecule has 0 fully saturated rings. The maximum absolute atomic E-state index is 11.9. The molecule has 94 valence electrons. The largest absolute Gasteiger partial charge is 0.371 e. The summed E-state index contributed by atoms with van der Waals surface area (Å²) in [6.45, 7) is 4.74. The number of imidazole rings is 1. The summed E-state index contributed by atoms with van der Waals surface area (Å²) in [4.78, 5) is 19.0. The van der Waals surface area contributed by atoms with Gasteiger partial charge in [-0.2, -0.15) is 0 Å². The highest BCUT2D eigenvalue weighted by Gasteiger charge is 2.08. The molecule has 18 heavy (non-hydrogen) atoms. The summed E-state index contributed by atoms with van der Waals surface area (Å²) in [6, 6.07) is 7.42. The number of amides is 1. The summed E-state index contributed by atoms with van der Waals surface area (Å²) in [5.74, 6) is 1.06. The van der Waals surface area contributed by atoms with Gasteiger partial charge in [-0.1, -0.05) is 17.7 Å². The van der Waals surface area contributed by atoms with Gasteiger partial charge in [-0.15, -0.1) is 0 Å². The van der Waals surface area contributed by atoms with Gasteiger partial charge in [0.15, 0.2) is 0 Å². The van der Waals surface area contributed by atoms with Crippen LogP contribution in [0.2, 0.25) is 0 Å². The van der Waals surface area contributed by atoms with Crippen molar-refractivity contribution in [2.75, 3.05) is 17.2 Å². The van der Waals surface area contributed by atoms with Gasteiger partial charge in [0.05, 0.1) is 6.20 Å². The van der Waals surface area contributed by atoms with E-state index in [1.54, 1.807) is 12.3 Å². The SMILES string of the molecule is CCNc1cnc(NC(=O)c2cccc(C)c2)[nH]1. The van der Waals surface area contributed by atoms with Crippen molar-refractivity contribution < 1.29 is 4.79 Å². The zero-order valence-electron chi connectivity index (χ0n) is 10.4. The number of nitrogens with zero attached hydrogens (tertiary/aromatic N) is 1. The molecule has 1 heterocycles. The molecule has 0 aliphatic rings. The number of rotatable bonds is 4. The summed E-state index contributed by atoms with van der Waals surface area (Å²) in [5, 5.41) is 5.80. The number of carbonyl (C=O) groups excluding carboxylic acids is 1. The summed E-state index contributed by atoms with van der Waals surface area (Å²) in [5.41, 5.74) is 1.67. The molecule has 0 saturated carbocycles. The van der Waals surface area contributed by atoms with Gasteiger partial charge in [0, 0.05) is 12.1 Å². The second-order valence-electron chi connectivity index (χ2n) is 4.00. The third-order valence-electron chi connectivity index (χ3n) is 2.46. The molecule has 0 atom stereocenters. The van der Waals surface area contributed by atoms with Crippen LogP contribution in [0.4, 0.5) is 11.8 Å². The Kier molecular flexibility index (Phi) is 3.62. The van der Waals surface area contributed by atoms with Gasteiger partial charge in [-0.3, -0.25) is 10.1 Å². The van der Waals surface area contributed by atoms with Gasteiger partial charge in [-0.05, 0) is 26.0 Å². The molecule has 0 radical (unpaired) electrons. The minimum absolute atomic E-state index is 0.170. The van der Waals surface area contributed by atoms with Crippen LogP contribution in [-0.4, -0.2) is 22.4 Å².